The number of hydrogen-bond donors (Lipinski definition) is 1. The van der Waals surface area contributed by atoms with Crippen LogP contribution in [-0.4, -0.2) is 60.5 Å². The van der Waals surface area contributed by atoms with E-state index in [-0.39, 0.29) is 5.91 Å². The van der Waals surface area contributed by atoms with Gasteiger partial charge in [0.1, 0.15) is 17.0 Å². The number of fused-ring (bicyclic) bond motifs is 1. The van der Waals surface area contributed by atoms with Crippen LogP contribution in [0.3, 0.4) is 0 Å². The molecular weight excluding hydrogens is 358 g/mol. The Hall–Kier alpha value is -2.51. The van der Waals surface area contributed by atoms with E-state index < -0.39 is 0 Å². The van der Waals surface area contributed by atoms with Gasteiger partial charge in [-0.15, -0.1) is 11.3 Å². The number of carbonyl (C=O) groups excluding carboxylic acids is 1. The molecule has 7 heteroatoms. The second-order valence-corrected chi connectivity index (χ2v) is 7.73. The van der Waals surface area contributed by atoms with Crippen molar-refractivity contribution in [1.29, 1.82) is 0 Å². The summed E-state index contributed by atoms with van der Waals surface area (Å²) in [6, 6.07) is 12.5. The molecule has 0 aliphatic carbocycles. The first-order chi connectivity index (χ1) is 13.2. The molecule has 1 aromatic carbocycles. The molecule has 0 radical (unpaired) electrons. The molecule has 1 fully saturated rings. The Balaban J connectivity index is 1.50. The summed E-state index contributed by atoms with van der Waals surface area (Å²) in [5, 5.41) is 4.32. The molecular formula is C20H23N5OS. The topological polar surface area (TPSA) is 61.4 Å². The second kappa shape index (κ2) is 8.02. The average Bonchev–Trinajstić information content (AvgIpc) is 3.17. The zero-order chi connectivity index (χ0) is 18.6. The van der Waals surface area contributed by atoms with Gasteiger partial charge in [-0.25, -0.2) is 9.97 Å². The summed E-state index contributed by atoms with van der Waals surface area (Å²) in [5.74, 6) is 1.09. The van der Waals surface area contributed by atoms with E-state index in [1.54, 1.807) is 17.7 Å². The van der Waals surface area contributed by atoms with Crippen LogP contribution in [-0.2, 0) is 4.79 Å². The van der Waals surface area contributed by atoms with E-state index in [2.05, 4.69) is 38.4 Å². The SMILES string of the molecule is CN(CCC(=O)N1CCNCC1)c1ncnc2sc(-c3ccccc3)cc12. The fourth-order valence-electron chi connectivity index (χ4n) is 3.33. The van der Waals surface area contributed by atoms with Crippen LogP contribution in [0, 0.1) is 0 Å². The van der Waals surface area contributed by atoms with Crippen LogP contribution in [0.1, 0.15) is 6.42 Å². The van der Waals surface area contributed by atoms with Crippen molar-refractivity contribution in [3.8, 4) is 10.4 Å². The van der Waals surface area contributed by atoms with E-state index in [4.69, 9.17) is 0 Å². The maximum absolute atomic E-state index is 12.4. The number of carbonyl (C=O) groups is 1. The zero-order valence-electron chi connectivity index (χ0n) is 15.4. The number of nitrogens with zero attached hydrogens (tertiary/aromatic N) is 4. The Morgan fingerprint density at radius 1 is 1.22 bits per heavy atom. The van der Waals surface area contributed by atoms with Gasteiger partial charge < -0.3 is 15.1 Å². The second-order valence-electron chi connectivity index (χ2n) is 6.70. The van der Waals surface area contributed by atoms with Gasteiger partial charge in [-0.3, -0.25) is 4.79 Å². The van der Waals surface area contributed by atoms with Crippen LogP contribution in [0.25, 0.3) is 20.7 Å². The summed E-state index contributed by atoms with van der Waals surface area (Å²) in [4.78, 5) is 27.5. The van der Waals surface area contributed by atoms with Crippen molar-refractivity contribution in [2.75, 3.05) is 44.7 Å². The number of thiophene rings is 1. The summed E-state index contributed by atoms with van der Waals surface area (Å²) in [6.07, 6.45) is 2.11. The predicted molar refractivity (Wildman–Crippen MR) is 110 cm³/mol. The largest absolute Gasteiger partial charge is 0.359 e. The summed E-state index contributed by atoms with van der Waals surface area (Å²) in [7, 11) is 1.99. The molecule has 3 heterocycles. The lowest BCUT2D eigenvalue weighted by atomic mass is 10.2. The van der Waals surface area contributed by atoms with Gasteiger partial charge in [0.05, 0.1) is 5.39 Å². The Morgan fingerprint density at radius 2 is 2.00 bits per heavy atom. The predicted octanol–water partition coefficient (Wildman–Crippen LogP) is 2.62. The summed E-state index contributed by atoms with van der Waals surface area (Å²) in [5.41, 5.74) is 1.18. The summed E-state index contributed by atoms with van der Waals surface area (Å²) < 4.78 is 0. The first-order valence-corrected chi connectivity index (χ1v) is 10.0. The van der Waals surface area contributed by atoms with Crippen LogP contribution >= 0.6 is 11.3 Å². The molecule has 1 saturated heterocycles. The van der Waals surface area contributed by atoms with E-state index in [9.17, 15) is 4.79 Å². The Labute approximate surface area is 162 Å². The molecule has 1 N–H and O–H groups in total. The van der Waals surface area contributed by atoms with Gasteiger partial charge in [-0.2, -0.15) is 0 Å². The molecule has 2 aromatic heterocycles. The minimum atomic E-state index is 0.212. The molecule has 0 spiro atoms. The van der Waals surface area contributed by atoms with E-state index in [1.807, 2.05) is 30.1 Å². The number of amides is 1. The molecule has 0 saturated carbocycles. The fourth-order valence-corrected chi connectivity index (χ4v) is 4.33. The van der Waals surface area contributed by atoms with Crippen LogP contribution in [0.15, 0.2) is 42.7 Å². The number of hydrogen-bond acceptors (Lipinski definition) is 6. The Bertz CT molecular complexity index is 921. The van der Waals surface area contributed by atoms with Crippen molar-refractivity contribution in [3.63, 3.8) is 0 Å². The third-order valence-electron chi connectivity index (χ3n) is 4.86. The first kappa shape index (κ1) is 17.9. The molecule has 1 amide bonds. The highest BCUT2D eigenvalue weighted by Crippen LogP contribution is 2.35. The number of benzene rings is 1. The van der Waals surface area contributed by atoms with Crippen LogP contribution in [0.4, 0.5) is 5.82 Å². The van der Waals surface area contributed by atoms with Gasteiger partial charge in [-0.1, -0.05) is 30.3 Å². The van der Waals surface area contributed by atoms with Crippen molar-refractivity contribution in [3.05, 3.63) is 42.7 Å². The van der Waals surface area contributed by atoms with Crippen LogP contribution < -0.4 is 10.2 Å². The zero-order valence-corrected chi connectivity index (χ0v) is 16.2. The van der Waals surface area contributed by atoms with Crippen molar-refractivity contribution in [2.45, 2.75) is 6.42 Å². The standard InChI is InChI=1S/C20H23N5OS/c1-24(10-7-18(26)25-11-8-21-9-12-25)19-16-13-17(15-5-3-2-4-6-15)27-20(16)23-14-22-19/h2-6,13-14,21H,7-12H2,1H3. The highest BCUT2D eigenvalue weighted by atomic mass is 32.1. The Morgan fingerprint density at radius 3 is 2.78 bits per heavy atom. The van der Waals surface area contributed by atoms with Crippen molar-refractivity contribution >= 4 is 33.3 Å². The van der Waals surface area contributed by atoms with Crippen molar-refractivity contribution in [2.24, 2.45) is 0 Å². The van der Waals surface area contributed by atoms with Gasteiger partial charge >= 0.3 is 0 Å². The minimum absolute atomic E-state index is 0.212. The summed E-state index contributed by atoms with van der Waals surface area (Å²) in [6.45, 7) is 4.00. The van der Waals surface area contributed by atoms with Gasteiger partial charge in [0.15, 0.2) is 0 Å². The number of piperazine rings is 1. The monoisotopic (exact) mass is 381 g/mol. The van der Waals surface area contributed by atoms with E-state index >= 15 is 0 Å². The lowest BCUT2D eigenvalue weighted by molar-refractivity contribution is -0.131. The number of anilines is 1. The first-order valence-electron chi connectivity index (χ1n) is 9.22. The van der Waals surface area contributed by atoms with Gasteiger partial charge in [0, 0.05) is 51.1 Å². The van der Waals surface area contributed by atoms with Gasteiger partial charge in [0.25, 0.3) is 0 Å². The highest BCUT2D eigenvalue weighted by molar-refractivity contribution is 7.21. The molecule has 27 heavy (non-hydrogen) atoms. The molecule has 1 aliphatic heterocycles. The maximum atomic E-state index is 12.4. The molecule has 0 atom stereocenters. The molecule has 0 bridgehead atoms. The quantitative estimate of drug-likeness (QED) is 0.736. The molecule has 6 nitrogen and oxygen atoms in total. The lowest BCUT2D eigenvalue weighted by Crippen LogP contribution is -2.47. The summed E-state index contributed by atoms with van der Waals surface area (Å²) >= 11 is 1.67. The number of nitrogens with one attached hydrogen (secondary N) is 1. The van der Waals surface area contributed by atoms with Crippen molar-refractivity contribution < 1.29 is 4.79 Å². The third-order valence-corrected chi connectivity index (χ3v) is 5.95. The van der Waals surface area contributed by atoms with Crippen LogP contribution in [0.2, 0.25) is 0 Å². The minimum Gasteiger partial charge on any atom is -0.359 e. The van der Waals surface area contributed by atoms with E-state index in [1.165, 1.54) is 10.4 Å². The fraction of sp³-hybridized carbons (Fsp3) is 0.350. The highest BCUT2D eigenvalue weighted by Gasteiger charge is 2.18. The maximum Gasteiger partial charge on any atom is 0.224 e. The molecule has 0 unspecified atom stereocenters. The van der Waals surface area contributed by atoms with E-state index in [0.29, 0.717) is 13.0 Å². The number of rotatable bonds is 5. The molecule has 140 valence electrons. The third kappa shape index (κ3) is 3.94. The van der Waals surface area contributed by atoms with Gasteiger partial charge in [0.2, 0.25) is 5.91 Å². The molecule has 1 aliphatic rings. The van der Waals surface area contributed by atoms with Crippen molar-refractivity contribution in [1.82, 2.24) is 20.2 Å². The Kier molecular flexibility index (Phi) is 5.31. The lowest BCUT2D eigenvalue weighted by Gasteiger charge is -2.28. The average molecular weight is 382 g/mol. The number of aromatic nitrogens is 2. The smallest absolute Gasteiger partial charge is 0.224 e. The molecule has 3 aromatic rings. The van der Waals surface area contributed by atoms with E-state index in [0.717, 1.165) is 42.2 Å². The van der Waals surface area contributed by atoms with Crippen LogP contribution in [0.5, 0.6) is 0 Å². The van der Waals surface area contributed by atoms with Gasteiger partial charge in [-0.05, 0) is 11.6 Å². The normalized spacial score (nSPS) is 14.5. The molecule has 4 rings (SSSR count).